The van der Waals surface area contributed by atoms with Crippen molar-refractivity contribution in [3.8, 4) is 0 Å². The van der Waals surface area contributed by atoms with Crippen molar-refractivity contribution in [3.63, 3.8) is 0 Å². The third-order valence-electron chi connectivity index (χ3n) is 6.56. The Balaban J connectivity index is 2.79. The Morgan fingerprint density at radius 3 is 2.33 bits per heavy atom. The average molecular weight is 376 g/mol. The van der Waals surface area contributed by atoms with Crippen molar-refractivity contribution in [3.05, 3.63) is 23.0 Å². The van der Waals surface area contributed by atoms with Crippen molar-refractivity contribution >= 4 is 17.3 Å². The van der Waals surface area contributed by atoms with Gasteiger partial charge in [-0.25, -0.2) is 0 Å². The first kappa shape index (κ1) is 21.5. The lowest BCUT2D eigenvalue weighted by molar-refractivity contribution is -0.147. The summed E-state index contributed by atoms with van der Waals surface area (Å²) in [6.07, 6.45) is 2.74. The van der Waals surface area contributed by atoms with E-state index >= 15 is 0 Å². The molecule has 1 fully saturated rings. The van der Waals surface area contributed by atoms with Crippen LogP contribution in [0.1, 0.15) is 67.7 Å². The molecule has 0 radical (unpaired) electrons. The van der Waals surface area contributed by atoms with E-state index in [0.717, 1.165) is 5.57 Å². The lowest BCUT2D eigenvalue weighted by Gasteiger charge is -2.38. The molecular weight excluding hydrogens is 344 g/mol. The number of aliphatic hydroxyl groups is 2. The van der Waals surface area contributed by atoms with Crippen molar-refractivity contribution < 1.29 is 24.6 Å². The second-order valence-corrected chi connectivity index (χ2v) is 9.24. The maximum Gasteiger partial charge on any atom is 0.183 e. The van der Waals surface area contributed by atoms with Gasteiger partial charge in [-0.15, -0.1) is 0 Å². The topological polar surface area (TPSA) is 91.7 Å². The molecule has 1 unspecified atom stereocenters. The largest absolute Gasteiger partial charge is 0.510 e. The lowest BCUT2D eigenvalue weighted by Crippen LogP contribution is -2.52. The molecule has 5 nitrogen and oxygen atoms in total. The fourth-order valence-corrected chi connectivity index (χ4v) is 4.64. The number of hydrogen-bond acceptors (Lipinski definition) is 5. The van der Waals surface area contributed by atoms with E-state index in [4.69, 9.17) is 0 Å². The summed E-state index contributed by atoms with van der Waals surface area (Å²) in [5.74, 6) is -2.96. The minimum Gasteiger partial charge on any atom is -0.510 e. The van der Waals surface area contributed by atoms with Crippen LogP contribution in [0.4, 0.5) is 0 Å². The minimum absolute atomic E-state index is 0.143. The van der Waals surface area contributed by atoms with E-state index in [1.54, 1.807) is 20.8 Å². The van der Waals surface area contributed by atoms with Crippen molar-refractivity contribution in [1.82, 2.24) is 0 Å². The van der Waals surface area contributed by atoms with Gasteiger partial charge in [-0.3, -0.25) is 14.4 Å². The molecule has 2 rings (SSSR count). The van der Waals surface area contributed by atoms with Gasteiger partial charge in [-0.1, -0.05) is 25.5 Å². The van der Waals surface area contributed by atoms with Gasteiger partial charge in [0.1, 0.15) is 11.3 Å². The molecule has 0 aromatic heterocycles. The number of aliphatic hydroxyl groups excluding tert-OH is 1. The molecule has 1 saturated carbocycles. The fraction of sp³-hybridized carbons (Fsp3) is 0.682. The number of carbonyl (C=O) groups is 3. The summed E-state index contributed by atoms with van der Waals surface area (Å²) in [6, 6.07) is 0. The van der Waals surface area contributed by atoms with Gasteiger partial charge in [0.2, 0.25) is 0 Å². The maximum absolute atomic E-state index is 13.5. The molecule has 0 aliphatic heterocycles. The number of fused-ring (bicyclic) bond motifs is 2. The Hall–Kier alpha value is -1.75. The summed E-state index contributed by atoms with van der Waals surface area (Å²) in [5.41, 5.74) is -3.41. The van der Waals surface area contributed by atoms with E-state index in [-0.39, 0.29) is 24.2 Å². The monoisotopic (exact) mass is 376 g/mol. The van der Waals surface area contributed by atoms with Crippen LogP contribution in [0.3, 0.4) is 0 Å². The van der Waals surface area contributed by atoms with Crippen LogP contribution in [0.5, 0.6) is 0 Å². The number of allylic oxidation sites excluding steroid dienone is 4. The molecule has 4 atom stereocenters. The molecule has 0 aromatic rings. The van der Waals surface area contributed by atoms with Crippen molar-refractivity contribution in [2.24, 2.45) is 22.7 Å². The van der Waals surface area contributed by atoms with E-state index in [2.05, 4.69) is 0 Å². The van der Waals surface area contributed by atoms with Gasteiger partial charge in [0.15, 0.2) is 17.3 Å². The van der Waals surface area contributed by atoms with E-state index in [1.165, 1.54) is 6.92 Å². The molecule has 0 saturated heterocycles. The van der Waals surface area contributed by atoms with Gasteiger partial charge < -0.3 is 10.2 Å². The Labute approximate surface area is 161 Å². The molecule has 2 N–H and O–H groups in total. The van der Waals surface area contributed by atoms with E-state index < -0.39 is 45.6 Å². The van der Waals surface area contributed by atoms with Gasteiger partial charge in [0, 0.05) is 11.8 Å². The maximum atomic E-state index is 13.5. The molecule has 0 heterocycles. The highest BCUT2D eigenvalue weighted by Gasteiger charge is 2.71. The number of carbonyl (C=O) groups excluding carboxylic acids is 3. The summed E-state index contributed by atoms with van der Waals surface area (Å²) in [5, 5.41) is 21.8. The van der Waals surface area contributed by atoms with Crippen molar-refractivity contribution in [1.29, 1.82) is 0 Å². The number of hydrogen-bond donors (Lipinski definition) is 2. The van der Waals surface area contributed by atoms with E-state index in [9.17, 15) is 24.6 Å². The molecule has 2 bridgehead atoms. The van der Waals surface area contributed by atoms with Crippen LogP contribution in [0, 0.1) is 22.7 Å². The third-order valence-corrected chi connectivity index (χ3v) is 6.56. The van der Waals surface area contributed by atoms with Gasteiger partial charge in [0.05, 0.1) is 16.4 Å². The Morgan fingerprint density at radius 1 is 1.33 bits per heavy atom. The summed E-state index contributed by atoms with van der Waals surface area (Å²) in [6.45, 7) is 12.0. The first-order chi connectivity index (χ1) is 12.2. The molecule has 2 aliphatic rings. The predicted octanol–water partition coefficient (Wildman–Crippen LogP) is 3.71. The second kappa shape index (κ2) is 6.69. The fourth-order valence-electron chi connectivity index (χ4n) is 4.64. The van der Waals surface area contributed by atoms with Crippen LogP contribution in [0.25, 0.3) is 0 Å². The molecule has 0 aromatic carbocycles. The number of Topliss-reactive ketones (excluding diaryl/α,β-unsaturated/α-hetero) is 3. The van der Waals surface area contributed by atoms with Crippen LogP contribution >= 0.6 is 0 Å². The quantitative estimate of drug-likeness (QED) is 0.419. The Bertz CT molecular complexity index is 747. The Kier molecular flexibility index (Phi) is 5.34. The highest BCUT2D eigenvalue weighted by molar-refractivity contribution is 6.32. The lowest BCUT2D eigenvalue weighted by atomic mass is 9.62. The second-order valence-electron chi connectivity index (χ2n) is 9.24. The average Bonchev–Trinajstić information content (AvgIpc) is 2.77. The molecular formula is C22H32O5. The zero-order valence-corrected chi connectivity index (χ0v) is 17.5. The SMILES string of the molecule is CCC(C)C(=O)C1=C(O)[C@]2(CC=C(C)C)C[C@@H](C(C)(C)O)[C@](C)(C1=O)C2=O. The Morgan fingerprint density at radius 2 is 1.89 bits per heavy atom. The number of ketones is 3. The van der Waals surface area contributed by atoms with Crippen LogP contribution < -0.4 is 0 Å². The predicted molar refractivity (Wildman–Crippen MR) is 103 cm³/mol. The summed E-state index contributed by atoms with van der Waals surface area (Å²) >= 11 is 0. The summed E-state index contributed by atoms with van der Waals surface area (Å²) < 4.78 is 0. The van der Waals surface area contributed by atoms with Crippen LogP contribution in [0.2, 0.25) is 0 Å². The highest BCUT2D eigenvalue weighted by Crippen LogP contribution is 2.62. The summed E-state index contributed by atoms with van der Waals surface area (Å²) in [4.78, 5) is 39.7. The first-order valence-corrected chi connectivity index (χ1v) is 9.68. The van der Waals surface area contributed by atoms with Crippen molar-refractivity contribution in [2.75, 3.05) is 0 Å². The first-order valence-electron chi connectivity index (χ1n) is 9.68. The van der Waals surface area contributed by atoms with E-state index in [1.807, 2.05) is 26.8 Å². The molecule has 5 heteroatoms. The van der Waals surface area contributed by atoms with Crippen molar-refractivity contribution in [2.45, 2.75) is 73.3 Å². The zero-order chi connectivity index (χ0) is 20.9. The number of rotatable bonds is 6. The van der Waals surface area contributed by atoms with E-state index in [0.29, 0.717) is 6.42 Å². The van der Waals surface area contributed by atoms with Gasteiger partial charge >= 0.3 is 0 Å². The molecule has 150 valence electrons. The molecule has 2 aliphatic carbocycles. The molecule has 27 heavy (non-hydrogen) atoms. The smallest absolute Gasteiger partial charge is 0.183 e. The standard InChI is InChI=1S/C22H32O5/c1-8-13(4)16(23)15-17(24)21(7)14(20(5,6)27)11-22(18(15)25,19(21)26)10-9-12(2)3/h9,13-14,25,27H,8,10-11H2,1-7H3/t13?,14-,21+,22-/m0/s1. The molecule has 0 amide bonds. The van der Waals surface area contributed by atoms with Gasteiger partial charge in [-0.2, -0.15) is 0 Å². The minimum atomic E-state index is -1.52. The molecule has 0 spiro atoms. The highest BCUT2D eigenvalue weighted by atomic mass is 16.3. The van der Waals surface area contributed by atoms with Gasteiger partial charge in [-0.05, 0) is 53.9 Å². The van der Waals surface area contributed by atoms with Crippen LogP contribution in [-0.4, -0.2) is 33.2 Å². The van der Waals surface area contributed by atoms with Crippen LogP contribution in [-0.2, 0) is 14.4 Å². The summed E-state index contributed by atoms with van der Waals surface area (Å²) in [7, 11) is 0. The zero-order valence-electron chi connectivity index (χ0n) is 17.5. The van der Waals surface area contributed by atoms with Crippen LogP contribution in [0.15, 0.2) is 23.0 Å². The normalized spacial score (nSPS) is 31.9. The third kappa shape index (κ3) is 3.00. The van der Waals surface area contributed by atoms with Gasteiger partial charge in [0.25, 0.3) is 0 Å².